The number of thioether (sulfide) groups is 1. The Morgan fingerprint density at radius 3 is 2.68 bits per heavy atom. The van der Waals surface area contributed by atoms with E-state index in [1.165, 1.54) is 12.4 Å². The normalized spacial score (nSPS) is 14.2. The highest BCUT2D eigenvalue weighted by atomic mass is 35.5. The maximum atomic E-state index is 14.2. The summed E-state index contributed by atoms with van der Waals surface area (Å²) in [7, 11) is 1.56. The standard InChI is InChI=1S/C21H19ClFN5O2S/c1-21(26-5-6-27-21)31-8-7-30-19-11-17-14(10-18(19)29-2)20(25-12-24-17)28-16-4-3-13(22)9-15(16)23/h3-6,9-12H,7-8H2,1-2H3,(H,24,25,28). The first-order chi connectivity index (χ1) is 15.0. The van der Waals surface area contributed by atoms with E-state index in [1.54, 1.807) is 55.6 Å². The lowest BCUT2D eigenvalue weighted by atomic mass is 10.2. The van der Waals surface area contributed by atoms with Crippen molar-refractivity contribution in [2.45, 2.75) is 11.9 Å². The Kier molecular flexibility index (Phi) is 6.24. The minimum absolute atomic E-state index is 0.256. The number of anilines is 2. The van der Waals surface area contributed by atoms with Crippen LogP contribution in [0, 0.1) is 5.82 Å². The number of aromatic nitrogens is 2. The summed E-state index contributed by atoms with van der Waals surface area (Å²) < 4.78 is 25.6. The maximum Gasteiger partial charge on any atom is 0.194 e. The van der Waals surface area contributed by atoms with Gasteiger partial charge >= 0.3 is 0 Å². The number of aliphatic imine (C=N–C) groups is 2. The van der Waals surface area contributed by atoms with Crippen LogP contribution in [0.1, 0.15) is 6.92 Å². The molecule has 0 saturated heterocycles. The molecule has 0 amide bonds. The third-order valence-corrected chi connectivity index (χ3v) is 5.88. The van der Waals surface area contributed by atoms with Gasteiger partial charge in [-0.2, -0.15) is 0 Å². The fraction of sp³-hybridized carbons (Fsp3) is 0.238. The molecule has 160 valence electrons. The predicted octanol–water partition coefficient (Wildman–Crippen LogP) is 5.12. The number of hydrogen-bond acceptors (Lipinski definition) is 8. The van der Waals surface area contributed by atoms with Crippen molar-refractivity contribution in [1.82, 2.24) is 9.97 Å². The van der Waals surface area contributed by atoms with Crippen molar-refractivity contribution in [3.05, 3.63) is 47.5 Å². The zero-order chi connectivity index (χ0) is 21.8. The van der Waals surface area contributed by atoms with E-state index in [-0.39, 0.29) is 5.69 Å². The third kappa shape index (κ3) is 4.88. The number of nitrogens with zero attached hydrogens (tertiary/aromatic N) is 4. The molecule has 1 N–H and O–H groups in total. The van der Waals surface area contributed by atoms with Gasteiger partial charge in [0, 0.05) is 34.7 Å². The van der Waals surface area contributed by atoms with E-state index in [0.29, 0.717) is 45.6 Å². The first-order valence-corrected chi connectivity index (χ1v) is 10.7. The number of ether oxygens (including phenoxy) is 2. The Balaban J connectivity index is 1.53. The van der Waals surface area contributed by atoms with E-state index in [2.05, 4.69) is 25.3 Å². The molecule has 0 fully saturated rings. The van der Waals surface area contributed by atoms with Gasteiger partial charge in [0.05, 0.1) is 24.9 Å². The number of nitrogens with one attached hydrogen (secondary N) is 1. The average molecular weight is 460 g/mol. The monoisotopic (exact) mass is 459 g/mol. The van der Waals surface area contributed by atoms with Crippen LogP contribution in [0.2, 0.25) is 5.02 Å². The number of benzene rings is 2. The minimum atomic E-state index is -0.485. The van der Waals surface area contributed by atoms with Gasteiger partial charge < -0.3 is 14.8 Å². The van der Waals surface area contributed by atoms with E-state index >= 15 is 0 Å². The molecule has 3 aromatic rings. The van der Waals surface area contributed by atoms with Crippen molar-refractivity contribution in [1.29, 1.82) is 0 Å². The van der Waals surface area contributed by atoms with Crippen molar-refractivity contribution in [3.8, 4) is 11.5 Å². The van der Waals surface area contributed by atoms with Crippen LogP contribution in [0.25, 0.3) is 10.9 Å². The van der Waals surface area contributed by atoms with E-state index in [4.69, 9.17) is 21.1 Å². The van der Waals surface area contributed by atoms with Crippen LogP contribution in [-0.2, 0) is 0 Å². The summed E-state index contributed by atoms with van der Waals surface area (Å²) in [5, 5.41) is 3.97. The molecule has 0 saturated carbocycles. The smallest absolute Gasteiger partial charge is 0.194 e. The van der Waals surface area contributed by atoms with Crippen LogP contribution in [0.15, 0.2) is 46.6 Å². The second-order valence-electron chi connectivity index (χ2n) is 6.68. The maximum absolute atomic E-state index is 14.2. The lowest BCUT2D eigenvalue weighted by Crippen LogP contribution is -2.13. The highest BCUT2D eigenvalue weighted by molar-refractivity contribution is 8.00. The Bertz CT molecular complexity index is 1160. The van der Waals surface area contributed by atoms with E-state index in [9.17, 15) is 4.39 Å². The molecule has 2 aromatic carbocycles. The number of fused-ring (bicyclic) bond motifs is 1. The van der Waals surface area contributed by atoms with Crippen LogP contribution < -0.4 is 14.8 Å². The van der Waals surface area contributed by atoms with Crippen LogP contribution in [0.4, 0.5) is 15.9 Å². The predicted molar refractivity (Wildman–Crippen MR) is 124 cm³/mol. The van der Waals surface area contributed by atoms with Gasteiger partial charge in [0.25, 0.3) is 0 Å². The first-order valence-electron chi connectivity index (χ1n) is 9.38. The average Bonchev–Trinajstić information content (AvgIpc) is 3.19. The van der Waals surface area contributed by atoms with E-state index in [0.717, 1.165) is 0 Å². The summed E-state index contributed by atoms with van der Waals surface area (Å²) in [5.74, 6) is 1.74. The highest BCUT2D eigenvalue weighted by Gasteiger charge is 2.23. The van der Waals surface area contributed by atoms with Crippen molar-refractivity contribution < 1.29 is 13.9 Å². The van der Waals surface area contributed by atoms with Crippen LogP contribution >= 0.6 is 23.4 Å². The quantitative estimate of drug-likeness (QED) is 0.471. The number of halogens is 2. The van der Waals surface area contributed by atoms with Gasteiger partial charge in [0.1, 0.15) is 18.0 Å². The van der Waals surface area contributed by atoms with Gasteiger partial charge in [-0.25, -0.2) is 14.4 Å². The molecule has 0 spiro atoms. The van der Waals surface area contributed by atoms with Gasteiger partial charge in [-0.1, -0.05) is 11.6 Å². The molecule has 1 aromatic heterocycles. The second-order valence-corrected chi connectivity index (χ2v) is 8.59. The summed E-state index contributed by atoms with van der Waals surface area (Å²) in [6, 6.07) is 7.93. The van der Waals surface area contributed by atoms with E-state index in [1.807, 2.05) is 6.92 Å². The fourth-order valence-corrected chi connectivity index (χ4v) is 3.98. The Morgan fingerprint density at radius 1 is 1.13 bits per heavy atom. The summed E-state index contributed by atoms with van der Waals surface area (Å²) in [6.07, 6.45) is 4.80. The summed E-state index contributed by atoms with van der Waals surface area (Å²) in [5.41, 5.74) is 0.888. The molecule has 2 heterocycles. The molecule has 0 bridgehead atoms. The molecule has 10 heteroatoms. The molecular weight excluding hydrogens is 441 g/mol. The molecule has 1 aliphatic heterocycles. The Hall–Kier alpha value is -2.91. The lowest BCUT2D eigenvalue weighted by molar-refractivity contribution is 0.314. The molecular formula is C21H19ClFN5O2S. The molecule has 1 aliphatic rings. The van der Waals surface area contributed by atoms with Gasteiger partial charge in [0.2, 0.25) is 0 Å². The molecule has 7 nitrogen and oxygen atoms in total. The molecule has 0 unspecified atom stereocenters. The Morgan fingerprint density at radius 2 is 1.94 bits per heavy atom. The largest absolute Gasteiger partial charge is 0.493 e. The van der Waals surface area contributed by atoms with E-state index < -0.39 is 10.8 Å². The van der Waals surface area contributed by atoms with Crippen molar-refractivity contribution in [2.24, 2.45) is 9.98 Å². The minimum Gasteiger partial charge on any atom is -0.493 e. The van der Waals surface area contributed by atoms with Crippen LogP contribution in [0.3, 0.4) is 0 Å². The van der Waals surface area contributed by atoms with Crippen molar-refractivity contribution in [2.75, 3.05) is 24.8 Å². The van der Waals surface area contributed by atoms with Gasteiger partial charge in [-0.15, -0.1) is 11.8 Å². The lowest BCUT2D eigenvalue weighted by Gasteiger charge is -2.17. The second kappa shape index (κ2) is 9.07. The fourth-order valence-electron chi connectivity index (χ4n) is 2.99. The highest BCUT2D eigenvalue weighted by Crippen LogP contribution is 2.36. The molecule has 4 rings (SSSR count). The number of rotatable bonds is 8. The molecule has 0 radical (unpaired) electrons. The SMILES string of the molecule is COc1cc2c(Nc3ccc(Cl)cc3F)ncnc2cc1OCCSC1(C)N=CC=N1. The zero-order valence-corrected chi connectivity index (χ0v) is 18.4. The summed E-state index contributed by atoms with van der Waals surface area (Å²) in [4.78, 5) is 16.7. The Labute approximate surface area is 187 Å². The van der Waals surface area contributed by atoms with Crippen molar-refractivity contribution >= 4 is 58.2 Å². The van der Waals surface area contributed by atoms with Gasteiger partial charge in [-0.3, -0.25) is 9.98 Å². The first kappa shape index (κ1) is 21.3. The molecule has 0 atom stereocenters. The summed E-state index contributed by atoms with van der Waals surface area (Å²) >= 11 is 7.42. The van der Waals surface area contributed by atoms with Crippen molar-refractivity contribution in [3.63, 3.8) is 0 Å². The third-order valence-electron chi connectivity index (χ3n) is 4.52. The summed E-state index contributed by atoms with van der Waals surface area (Å²) in [6.45, 7) is 2.39. The topological polar surface area (TPSA) is 81.0 Å². The van der Waals surface area contributed by atoms with Gasteiger partial charge in [-0.05, 0) is 31.2 Å². The van der Waals surface area contributed by atoms with Gasteiger partial charge in [0.15, 0.2) is 16.5 Å². The van der Waals surface area contributed by atoms with Crippen LogP contribution in [-0.4, -0.2) is 46.9 Å². The van der Waals surface area contributed by atoms with Crippen LogP contribution in [0.5, 0.6) is 11.5 Å². The number of hydrogen-bond donors (Lipinski definition) is 1. The molecule has 0 aliphatic carbocycles. The number of methoxy groups -OCH3 is 1. The zero-order valence-electron chi connectivity index (χ0n) is 16.8. The molecule has 31 heavy (non-hydrogen) atoms.